The van der Waals surface area contributed by atoms with Gasteiger partial charge in [0.2, 0.25) is 0 Å². The topological polar surface area (TPSA) is 97.4 Å². The smallest absolute Gasteiger partial charge is 0.197 e. The average Bonchev–Trinajstić information content (AvgIpc) is 3.32. The van der Waals surface area contributed by atoms with Crippen molar-refractivity contribution in [3.05, 3.63) is 228 Å². The number of phenolic OH excluding ortho intramolecular Hbond substituents is 2. The summed E-state index contributed by atoms with van der Waals surface area (Å²) in [4.78, 5) is 22.5. The zero-order valence-corrected chi connectivity index (χ0v) is 39.8. The van der Waals surface area contributed by atoms with Crippen molar-refractivity contribution in [2.75, 3.05) is 9.80 Å². The predicted molar refractivity (Wildman–Crippen MR) is 272 cm³/mol. The molecule has 1 heterocycles. The number of benzene rings is 8. The Morgan fingerprint density at radius 3 is 0.970 bits per heavy atom. The monoisotopic (exact) mass is 1060 g/mol. The van der Waals surface area contributed by atoms with Crippen molar-refractivity contribution in [3.63, 3.8) is 0 Å². The molecule has 9 aromatic rings. The maximum absolute atomic E-state index is 11.3. The van der Waals surface area contributed by atoms with Crippen molar-refractivity contribution in [2.45, 2.75) is 27.7 Å². The van der Waals surface area contributed by atoms with E-state index in [2.05, 4.69) is 130 Å². The van der Waals surface area contributed by atoms with Crippen molar-refractivity contribution in [1.29, 1.82) is 0 Å². The summed E-state index contributed by atoms with van der Waals surface area (Å²) in [5.41, 5.74) is 15.6. The standard InChI is InChI=1S/C58H48N6O2.Pt/c1-39-31-51(63(47-17-9-5-10-18-47)48-19-11-6-12-20-48)32-40(2)55(39)43-25-27-45(53(65)35-43)37-61-57-58(60-30-29-59-57)62-38-46-28-26-44(36-54(46)66)56-41(3)33-52(34-42(56)4)64(49-21-13-7-14-22-49)50-23-15-8-16-24-50;/h5-38,65-66H,1-4H3;. The van der Waals surface area contributed by atoms with Crippen LogP contribution >= 0.6 is 0 Å². The Labute approximate surface area is 406 Å². The minimum atomic E-state index is 0. The zero-order valence-electron chi connectivity index (χ0n) is 37.5. The van der Waals surface area contributed by atoms with Crippen LogP contribution in [0.5, 0.6) is 11.5 Å². The van der Waals surface area contributed by atoms with Gasteiger partial charge < -0.3 is 20.0 Å². The van der Waals surface area contributed by atoms with Gasteiger partial charge in [-0.15, -0.1) is 0 Å². The second kappa shape index (κ2) is 20.5. The number of aryl methyl sites for hydroxylation is 4. The Kier molecular flexibility index (Phi) is 14.0. The van der Waals surface area contributed by atoms with Crippen LogP contribution in [0.2, 0.25) is 0 Å². The van der Waals surface area contributed by atoms with E-state index in [1.807, 2.05) is 97.1 Å². The van der Waals surface area contributed by atoms with E-state index in [0.29, 0.717) is 11.1 Å². The summed E-state index contributed by atoms with van der Waals surface area (Å²) in [5.74, 6) is 0.697. The molecule has 0 aliphatic carbocycles. The third-order valence-corrected chi connectivity index (χ3v) is 11.6. The van der Waals surface area contributed by atoms with E-state index in [0.717, 1.165) is 78.6 Å². The normalized spacial score (nSPS) is 11.2. The molecule has 0 fully saturated rings. The fourth-order valence-electron chi connectivity index (χ4n) is 8.64. The number of nitrogens with zero attached hydrogens (tertiary/aromatic N) is 6. The third kappa shape index (κ3) is 10.0. The summed E-state index contributed by atoms with van der Waals surface area (Å²) in [7, 11) is 0. The average molecular weight is 1060 g/mol. The molecule has 67 heavy (non-hydrogen) atoms. The van der Waals surface area contributed by atoms with Gasteiger partial charge in [0.05, 0.1) is 0 Å². The number of para-hydroxylation sites is 4. The molecule has 9 rings (SSSR count). The van der Waals surface area contributed by atoms with Gasteiger partial charge in [-0.3, -0.25) is 0 Å². The van der Waals surface area contributed by atoms with Crippen LogP contribution in [0.3, 0.4) is 0 Å². The van der Waals surface area contributed by atoms with E-state index in [1.54, 1.807) is 37.0 Å². The van der Waals surface area contributed by atoms with Gasteiger partial charge in [-0.05, 0) is 169 Å². The van der Waals surface area contributed by atoms with Crippen LogP contribution in [0.15, 0.2) is 204 Å². The molecule has 0 aliphatic rings. The molecule has 332 valence electrons. The number of aromatic nitrogens is 2. The SMILES string of the molecule is Cc1cc(N(c2ccccc2)c2ccccc2)cc(C)c1-c1ccc(C=Nc2nccnc2N=Cc2ccc(-c3c(C)cc(N(c4ccccc4)c4ccccc4)cc3C)cc2O)c(O)c1.[Pt]. The number of hydrogen-bond acceptors (Lipinski definition) is 8. The first kappa shape index (κ1) is 45.6. The van der Waals surface area contributed by atoms with Crippen LogP contribution in [-0.2, 0) is 21.1 Å². The second-order valence-corrected chi connectivity index (χ2v) is 16.2. The van der Waals surface area contributed by atoms with Crippen molar-refractivity contribution in [1.82, 2.24) is 9.97 Å². The minimum Gasteiger partial charge on any atom is -0.507 e. The van der Waals surface area contributed by atoms with Gasteiger partial charge in [0.1, 0.15) is 11.5 Å². The van der Waals surface area contributed by atoms with Gasteiger partial charge in [0.25, 0.3) is 0 Å². The molecule has 1 aromatic heterocycles. The summed E-state index contributed by atoms with van der Waals surface area (Å²) in [6, 6.07) is 61.3. The summed E-state index contributed by atoms with van der Waals surface area (Å²) >= 11 is 0. The van der Waals surface area contributed by atoms with Crippen LogP contribution in [-0.4, -0.2) is 32.6 Å². The van der Waals surface area contributed by atoms with E-state index in [1.165, 1.54) is 0 Å². The van der Waals surface area contributed by atoms with E-state index < -0.39 is 0 Å². The number of aliphatic imine (C=N–C) groups is 2. The number of hydrogen-bond donors (Lipinski definition) is 2. The molecule has 0 saturated carbocycles. The van der Waals surface area contributed by atoms with Gasteiger partial charge in [0, 0.05) is 91.1 Å². The van der Waals surface area contributed by atoms with Gasteiger partial charge in [-0.25, -0.2) is 20.0 Å². The first-order chi connectivity index (χ1) is 32.2. The van der Waals surface area contributed by atoms with Crippen molar-refractivity contribution >= 4 is 58.2 Å². The fourth-order valence-corrected chi connectivity index (χ4v) is 8.64. The number of aromatic hydroxyl groups is 2. The summed E-state index contributed by atoms with van der Waals surface area (Å²) in [6.07, 6.45) is 6.21. The Hall–Kier alpha value is -7.93. The minimum absolute atomic E-state index is 0. The maximum atomic E-state index is 11.3. The van der Waals surface area contributed by atoms with E-state index in [-0.39, 0.29) is 44.2 Å². The molecule has 8 nitrogen and oxygen atoms in total. The van der Waals surface area contributed by atoms with Gasteiger partial charge >= 0.3 is 0 Å². The van der Waals surface area contributed by atoms with Crippen LogP contribution in [0.4, 0.5) is 45.8 Å². The van der Waals surface area contributed by atoms with Gasteiger partial charge in [-0.2, -0.15) is 0 Å². The van der Waals surface area contributed by atoms with E-state index >= 15 is 0 Å². The Morgan fingerprint density at radius 2 is 0.687 bits per heavy atom. The maximum Gasteiger partial charge on any atom is 0.197 e. The molecule has 0 atom stereocenters. The fraction of sp³-hybridized carbons (Fsp3) is 0.0690. The Morgan fingerprint density at radius 1 is 0.388 bits per heavy atom. The van der Waals surface area contributed by atoms with Crippen molar-refractivity contribution in [2.24, 2.45) is 9.98 Å². The first-order valence-corrected chi connectivity index (χ1v) is 21.8. The zero-order chi connectivity index (χ0) is 45.6. The number of anilines is 6. The molecule has 0 amide bonds. The number of phenols is 2. The Bertz CT molecular complexity index is 2880. The third-order valence-electron chi connectivity index (χ3n) is 11.6. The van der Waals surface area contributed by atoms with Crippen LogP contribution in [0.25, 0.3) is 22.3 Å². The molecular formula is C58H48N6O2Pt. The summed E-state index contributed by atoms with van der Waals surface area (Å²) < 4.78 is 0. The van der Waals surface area contributed by atoms with Crippen LogP contribution < -0.4 is 9.80 Å². The quantitative estimate of drug-likeness (QED) is 0.118. The largest absolute Gasteiger partial charge is 0.507 e. The van der Waals surface area contributed by atoms with E-state index in [9.17, 15) is 10.2 Å². The molecule has 0 aliphatic heterocycles. The second-order valence-electron chi connectivity index (χ2n) is 16.2. The molecule has 0 saturated heterocycles. The summed E-state index contributed by atoms with van der Waals surface area (Å²) in [5, 5.41) is 22.6. The molecule has 8 aromatic carbocycles. The Balaban J connectivity index is 0.00000608. The van der Waals surface area contributed by atoms with Crippen LogP contribution in [0, 0.1) is 27.7 Å². The van der Waals surface area contributed by atoms with Gasteiger partial charge in [0.15, 0.2) is 11.6 Å². The molecule has 0 spiro atoms. The molecule has 0 unspecified atom stereocenters. The molecular weight excluding hydrogens is 1010 g/mol. The van der Waals surface area contributed by atoms with Gasteiger partial charge in [-0.1, -0.05) is 84.9 Å². The molecule has 9 heteroatoms. The van der Waals surface area contributed by atoms with Crippen LogP contribution in [0.1, 0.15) is 33.4 Å². The predicted octanol–water partition coefficient (Wildman–Crippen LogP) is 14.9. The van der Waals surface area contributed by atoms with Crippen molar-refractivity contribution in [3.8, 4) is 33.8 Å². The van der Waals surface area contributed by atoms with E-state index in [4.69, 9.17) is 0 Å². The first-order valence-electron chi connectivity index (χ1n) is 21.8. The molecule has 0 bridgehead atoms. The molecule has 2 N–H and O–H groups in total. The van der Waals surface area contributed by atoms with Crippen molar-refractivity contribution < 1.29 is 31.3 Å². The molecule has 0 radical (unpaired) electrons. The summed E-state index contributed by atoms with van der Waals surface area (Å²) in [6.45, 7) is 8.40. The number of rotatable bonds is 12.